The van der Waals surface area contributed by atoms with Gasteiger partial charge in [0.15, 0.2) is 0 Å². The summed E-state index contributed by atoms with van der Waals surface area (Å²) >= 11 is 0. The van der Waals surface area contributed by atoms with Gasteiger partial charge in [0.25, 0.3) is 0 Å². The van der Waals surface area contributed by atoms with E-state index in [9.17, 15) is 17.4 Å². The lowest BCUT2D eigenvalue weighted by Gasteiger charge is -2.11. The number of ether oxygens (including phenoxy) is 2. The number of anilines is 1. The molecule has 2 N–H and O–H groups in total. The molecule has 0 saturated heterocycles. The van der Waals surface area contributed by atoms with Crippen LogP contribution in [-0.2, 0) is 26.4 Å². The van der Waals surface area contributed by atoms with Gasteiger partial charge >= 0.3 is 6.18 Å². The van der Waals surface area contributed by atoms with Gasteiger partial charge in [-0.05, 0) is 24.6 Å². The first kappa shape index (κ1) is 17.9. The van der Waals surface area contributed by atoms with Gasteiger partial charge in [0, 0.05) is 26.0 Å². The zero-order valence-electron chi connectivity index (χ0n) is 11.6. The smallest absolute Gasteiger partial charge is 0.398 e. The molecule has 1 aromatic carbocycles. The molecule has 0 aliphatic carbocycles. The lowest BCUT2D eigenvalue weighted by molar-refractivity contribution is -0.137. The Morgan fingerprint density at radius 3 is 2.52 bits per heavy atom. The predicted octanol–water partition coefficient (Wildman–Crippen LogP) is 2.45. The Morgan fingerprint density at radius 1 is 1.24 bits per heavy atom. The van der Waals surface area contributed by atoms with Gasteiger partial charge in [-0.1, -0.05) is 0 Å². The van der Waals surface area contributed by atoms with Gasteiger partial charge in [-0.2, -0.15) is 13.2 Å². The molecule has 21 heavy (non-hydrogen) atoms. The van der Waals surface area contributed by atoms with E-state index in [-0.39, 0.29) is 22.9 Å². The summed E-state index contributed by atoms with van der Waals surface area (Å²) < 4.78 is 59.5. The third-order valence-electron chi connectivity index (χ3n) is 2.63. The fourth-order valence-corrected chi connectivity index (χ4v) is 2.61. The van der Waals surface area contributed by atoms with Gasteiger partial charge in [-0.15, -0.1) is 0 Å². The minimum Gasteiger partial charge on any atom is -0.398 e. The van der Waals surface area contributed by atoms with Gasteiger partial charge in [0.05, 0.1) is 33.6 Å². The molecule has 1 aromatic rings. The fourth-order valence-electron chi connectivity index (χ4n) is 1.58. The summed E-state index contributed by atoms with van der Waals surface area (Å²) in [6.45, 7) is 1.30. The number of alkyl halides is 3. The lowest BCUT2D eigenvalue weighted by atomic mass is 10.2. The Labute approximate surface area is 123 Å². The number of halogens is 3. The maximum absolute atomic E-state index is 12.5. The largest absolute Gasteiger partial charge is 0.416 e. The summed E-state index contributed by atoms with van der Waals surface area (Å²) in [4.78, 5) is 0.198. The summed E-state index contributed by atoms with van der Waals surface area (Å²) in [6.07, 6.45) is -3.73. The number of hydrogen-bond donors (Lipinski definition) is 1. The van der Waals surface area contributed by atoms with Crippen LogP contribution in [0.1, 0.15) is 12.0 Å². The highest BCUT2D eigenvalue weighted by Crippen LogP contribution is 2.32. The third-order valence-corrected chi connectivity index (χ3v) is 4.03. The zero-order valence-corrected chi connectivity index (χ0v) is 12.4. The van der Waals surface area contributed by atoms with Crippen LogP contribution < -0.4 is 5.73 Å². The van der Waals surface area contributed by atoms with Crippen molar-refractivity contribution in [1.82, 2.24) is 0 Å². The van der Waals surface area contributed by atoms with Crippen LogP contribution in [0.4, 0.5) is 18.9 Å². The number of nitrogens with two attached hydrogens (primary N) is 1. The molecule has 0 aromatic heterocycles. The molecule has 0 saturated carbocycles. The van der Waals surface area contributed by atoms with E-state index in [0.717, 1.165) is 24.6 Å². The Bertz CT molecular complexity index is 480. The van der Waals surface area contributed by atoms with Crippen molar-refractivity contribution in [2.24, 2.45) is 0 Å². The van der Waals surface area contributed by atoms with Crippen LogP contribution in [0.2, 0.25) is 0 Å². The highest BCUT2D eigenvalue weighted by molar-refractivity contribution is 7.85. The van der Waals surface area contributed by atoms with Gasteiger partial charge in [0.2, 0.25) is 0 Å². The Balaban J connectivity index is 2.51. The molecular weight excluding hydrogens is 307 g/mol. The van der Waals surface area contributed by atoms with Crippen molar-refractivity contribution in [3.8, 4) is 0 Å². The SMILES string of the molecule is COCCCOCCS(=O)c1ccc(C(F)(F)F)cc1N. The predicted molar refractivity (Wildman–Crippen MR) is 74.4 cm³/mol. The molecule has 0 radical (unpaired) electrons. The first-order chi connectivity index (χ1) is 9.86. The second-order valence-corrected chi connectivity index (χ2v) is 5.80. The summed E-state index contributed by atoms with van der Waals surface area (Å²) in [7, 11) is 0.0999. The molecule has 1 atom stereocenters. The first-order valence-electron chi connectivity index (χ1n) is 6.28. The molecule has 120 valence electrons. The molecule has 0 bridgehead atoms. The molecule has 0 amide bonds. The average molecular weight is 325 g/mol. The Morgan fingerprint density at radius 2 is 1.95 bits per heavy atom. The van der Waals surface area contributed by atoms with Gasteiger partial charge < -0.3 is 15.2 Å². The van der Waals surface area contributed by atoms with Crippen LogP contribution in [0.25, 0.3) is 0 Å². The van der Waals surface area contributed by atoms with E-state index in [1.807, 2.05) is 0 Å². The molecule has 0 aliphatic rings. The fraction of sp³-hybridized carbons (Fsp3) is 0.538. The van der Waals surface area contributed by atoms with E-state index in [2.05, 4.69) is 0 Å². The van der Waals surface area contributed by atoms with Gasteiger partial charge in [-0.25, -0.2) is 0 Å². The second-order valence-electron chi connectivity index (χ2n) is 4.26. The summed E-state index contributed by atoms with van der Waals surface area (Å²) in [5.41, 5.74) is 4.57. The normalized spacial score (nSPS) is 13.3. The quantitative estimate of drug-likeness (QED) is 0.589. The van der Waals surface area contributed by atoms with Crippen molar-refractivity contribution in [1.29, 1.82) is 0 Å². The average Bonchev–Trinajstić information content (AvgIpc) is 2.41. The number of benzene rings is 1. The van der Waals surface area contributed by atoms with E-state index in [0.29, 0.717) is 13.2 Å². The maximum atomic E-state index is 12.5. The monoisotopic (exact) mass is 325 g/mol. The van der Waals surface area contributed by atoms with Crippen molar-refractivity contribution in [3.63, 3.8) is 0 Å². The Kier molecular flexibility index (Phi) is 7.13. The molecule has 1 unspecified atom stereocenters. The minimum atomic E-state index is -4.46. The van der Waals surface area contributed by atoms with E-state index >= 15 is 0 Å². The topological polar surface area (TPSA) is 61.5 Å². The van der Waals surface area contributed by atoms with Gasteiger partial charge in [0.1, 0.15) is 0 Å². The highest BCUT2D eigenvalue weighted by Gasteiger charge is 2.31. The van der Waals surface area contributed by atoms with E-state index in [4.69, 9.17) is 15.2 Å². The van der Waals surface area contributed by atoms with E-state index in [1.165, 1.54) is 0 Å². The van der Waals surface area contributed by atoms with Crippen LogP contribution in [0.5, 0.6) is 0 Å². The molecule has 0 heterocycles. The number of nitrogen functional groups attached to an aromatic ring is 1. The second kappa shape index (κ2) is 8.35. The van der Waals surface area contributed by atoms with Crippen molar-refractivity contribution in [2.75, 3.05) is 38.4 Å². The summed E-state index contributed by atoms with van der Waals surface area (Å²) in [6, 6.07) is 2.83. The van der Waals surface area contributed by atoms with Crippen LogP contribution in [0, 0.1) is 0 Å². The van der Waals surface area contributed by atoms with Crippen molar-refractivity contribution in [2.45, 2.75) is 17.5 Å². The van der Waals surface area contributed by atoms with Crippen molar-refractivity contribution in [3.05, 3.63) is 23.8 Å². The van der Waals surface area contributed by atoms with Crippen LogP contribution >= 0.6 is 0 Å². The van der Waals surface area contributed by atoms with Crippen molar-refractivity contribution >= 4 is 16.5 Å². The molecule has 0 aliphatic heterocycles. The van der Waals surface area contributed by atoms with Gasteiger partial charge in [-0.3, -0.25) is 4.21 Å². The van der Waals surface area contributed by atoms with E-state index < -0.39 is 22.5 Å². The van der Waals surface area contributed by atoms with Crippen LogP contribution in [0.3, 0.4) is 0 Å². The third kappa shape index (κ3) is 6.03. The number of hydrogen-bond acceptors (Lipinski definition) is 4. The molecule has 0 fully saturated rings. The number of rotatable bonds is 8. The summed E-state index contributed by atoms with van der Waals surface area (Å²) in [5, 5.41) is 0. The maximum Gasteiger partial charge on any atom is 0.416 e. The van der Waals surface area contributed by atoms with E-state index in [1.54, 1.807) is 7.11 Å². The Hall–Kier alpha value is -1.12. The molecule has 1 rings (SSSR count). The molecular formula is C13H18F3NO3S. The standard InChI is InChI=1S/C13H18F3NO3S/c1-19-5-2-6-20-7-8-21(18)12-4-3-10(9-11(12)17)13(14,15)16/h3-4,9H,2,5-8,17H2,1H3. The zero-order chi connectivity index (χ0) is 15.9. The number of methoxy groups -OCH3 is 1. The highest BCUT2D eigenvalue weighted by atomic mass is 32.2. The van der Waals surface area contributed by atoms with Crippen LogP contribution in [0.15, 0.2) is 23.1 Å². The van der Waals surface area contributed by atoms with Crippen LogP contribution in [-0.4, -0.2) is 36.9 Å². The minimum absolute atomic E-state index is 0.123. The molecule has 4 nitrogen and oxygen atoms in total. The molecule has 8 heteroatoms. The lowest BCUT2D eigenvalue weighted by Crippen LogP contribution is -2.11. The first-order valence-corrected chi connectivity index (χ1v) is 7.60. The van der Waals surface area contributed by atoms with Crippen molar-refractivity contribution < 1.29 is 26.9 Å². The molecule has 0 spiro atoms. The summed E-state index contributed by atoms with van der Waals surface area (Å²) in [5.74, 6) is 0.183.